The Morgan fingerprint density at radius 1 is 1.12 bits per heavy atom. The highest BCUT2D eigenvalue weighted by Gasteiger charge is 2.51. The topological polar surface area (TPSA) is 88.4 Å². The van der Waals surface area contributed by atoms with Crippen molar-refractivity contribution in [1.82, 2.24) is 4.90 Å². The quantitative estimate of drug-likeness (QED) is 0.318. The number of benzene rings is 2. The summed E-state index contributed by atoms with van der Waals surface area (Å²) in [5.41, 5.74) is 1.83. The Bertz CT molecular complexity index is 1050. The first-order chi connectivity index (χ1) is 16.1. The first kappa shape index (κ1) is 25.4. The lowest BCUT2D eigenvalue weighted by Crippen LogP contribution is -3.05. The molecule has 34 heavy (non-hydrogen) atoms. The SMILES string of the molecule is Cc1cc(C(=O)C2C(=O)C(=O)N(CCC[NH+](C)C)C2c2ccc(O)cc2)ccc1OCC(C)C. The zero-order valence-corrected chi connectivity index (χ0v) is 20.6. The van der Waals surface area contributed by atoms with Crippen LogP contribution in [-0.4, -0.2) is 61.3 Å². The van der Waals surface area contributed by atoms with Crippen molar-refractivity contribution >= 4 is 17.5 Å². The number of aryl methyl sites for hydroxylation is 1. The molecule has 3 rings (SSSR count). The smallest absolute Gasteiger partial charge is 0.291 e. The third kappa shape index (κ3) is 5.65. The fraction of sp³-hybridized carbons (Fsp3) is 0.444. The van der Waals surface area contributed by atoms with Crippen molar-refractivity contribution in [1.29, 1.82) is 0 Å². The largest absolute Gasteiger partial charge is 0.508 e. The molecule has 0 bridgehead atoms. The second kappa shape index (κ2) is 10.8. The molecule has 7 heteroatoms. The van der Waals surface area contributed by atoms with E-state index in [2.05, 4.69) is 13.8 Å². The third-order valence-corrected chi connectivity index (χ3v) is 6.03. The summed E-state index contributed by atoms with van der Waals surface area (Å²) in [5, 5.41) is 9.73. The molecule has 2 aromatic carbocycles. The molecule has 2 atom stereocenters. The van der Waals surface area contributed by atoms with Crippen LogP contribution in [0.1, 0.15) is 47.8 Å². The predicted octanol–water partition coefficient (Wildman–Crippen LogP) is 2.22. The monoisotopic (exact) mass is 467 g/mol. The number of rotatable bonds is 10. The molecule has 1 aliphatic rings. The second-order valence-electron chi connectivity index (χ2n) is 9.74. The van der Waals surface area contributed by atoms with Gasteiger partial charge < -0.3 is 19.6 Å². The van der Waals surface area contributed by atoms with Gasteiger partial charge in [0.1, 0.15) is 17.4 Å². The van der Waals surface area contributed by atoms with E-state index in [1.54, 1.807) is 30.3 Å². The number of quaternary nitrogens is 1. The molecule has 0 saturated carbocycles. The van der Waals surface area contributed by atoms with Crippen LogP contribution in [-0.2, 0) is 9.59 Å². The van der Waals surface area contributed by atoms with Gasteiger partial charge in [0, 0.05) is 18.5 Å². The van der Waals surface area contributed by atoms with Gasteiger partial charge in [-0.2, -0.15) is 0 Å². The summed E-state index contributed by atoms with van der Waals surface area (Å²) in [6.07, 6.45) is 0.706. The maximum atomic E-state index is 13.6. The number of carbonyl (C=O) groups is 3. The standard InChI is InChI=1S/C27H34N2O5/c1-17(2)16-34-22-12-9-20(15-18(22)3)25(31)23-24(19-7-10-21(30)11-8-19)29(27(33)26(23)32)14-6-13-28(4)5/h7-12,15,17,23-24,30H,6,13-14,16H2,1-5H3/p+1. The molecule has 0 spiro atoms. The Kier molecular flexibility index (Phi) is 8.10. The van der Waals surface area contributed by atoms with Crippen LogP contribution in [0, 0.1) is 18.8 Å². The van der Waals surface area contributed by atoms with Crippen LogP contribution in [0.15, 0.2) is 42.5 Å². The van der Waals surface area contributed by atoms with Gasteiger partial charge in [-0.15, -0.1) is 0 Å². The molecule has 0 radical (unpaired) electrons. The summed E-state index contributed by atoms with van der Waals surface area (Å²) in [6.45, 7) is 7.76. The Morgan fingerprint density at radius 3 is 2.38 bits per heavy atom. The summed E-state index contributed by atoms with van der Waals surface area (Å²) in [6, 6.07) is 10.8. The minimum atomic E-state index is -1.13. The van der Waals surface area contributed by atoms with Crippen molar-refractivity contribution in [3.05, 3.63) is 59.2 Å². The van der Waals surface area contributed by atoms with Crippen LogP contribution in [0.2, 0.25) is 0 Å². The number of phenols is 1. The summed E-state index contributed by atoms with van der Waals surface area (Å²) < 4.78 is 5.81. The van der Waals surface area contributed by atoms with Crippen molar-refractivity contribution in [2.24, 2.45) is 11.8 Å². The molecule has 2 aromatic rings. The molecule has 1 aliphatic heterocycles. The Morgan fingerprint density at radius 2 is 1.79 bits per heavy atom. The molecule has 2 unspecified atom stereocenters. The third-order valence-electron chi connectivity index (χ3n) is 6.03. The minimum Gasteiger partial charge on any atom is -0.508 e. The summed E-state index contributed by atoms with van der Waals surface area (Å²) >= 11 is 0. The number of nitrogens with one attached hydrogen (secondary N) is 1. The fourth-order valence-corrected chi connectivity index (χ4v) is 4.27. The van der Waals surface area contributed by atoms with Gasteiger partial charge in [0.15, 0.2) is 5.78 Å². The van der Waals surface area contributed by atoms with Crippen LogP contribution in [0.25, 0.3) is 0 Å². The van der Waals surface area contributed by atoms with Gasteiger partial charge >= 0.3 is 0 Å². The highest BCUT2D eigenvalue weighted by molar-refractivity contribution is 6.44. The lowest BCUT2D eigenvalue weighted by molar-refractivity contribution is -0.858. The summed E-state index contributed by atoms with van der Waals surface area (Å²) in [5.74, 6) is -1.67. The van der Waals surface area contributed by atoms with E-state index in [0.717, 1.165) is 12.1 Å². The van der Waals surface area contributed by atoms with E-state index in [9.17, 15) is 19.5 Å². The molecule has 1 amide bonds. The zero-order chi connectivity index (χ0) is 25.0. The Hall–Kier alpha value is -3.19. The predicted molar refractivity (Wildman–Crippen MR) is 129 cm³/mol. The van der Waals surface area contributed by atoms with E-state index in [-0.39, 0.29) is 11.5 Å². The van der Waals surface area contributed by atoms with E-state index in [0.29, 0.717) is 42.4 Å². The number of phenolic OH excluding ortho intramolecular Hbond substituents is 1. The number of aromatic hydroxyl groups is 1. The van der Waals surface area contributed by atoms with E-state index in [1.165, 1.54) is 21.9 Å². The lowest BCUT2D eigenvalue weighted by atomic mass is 9.86. The zero-order valence-electron chi connectivity index (χ0n) is 20.6. The molecule has 0 aliphatic carbocycles. The molecular weight excluding hydrogens is 432 g/mol. The highest BCUT2D eigenvalue weighted by atomic mass is 16.5. The fourth-order valence-electron chi connectivity index (χ4n) is 4.27. The van der Waals surface area contributed by atoms with Crippen molar-refractivity contribution in [2.45, 2.75) is 33.2 Å². The van der Waals surface area contributed by atoms with E-state index >= 15 is 0 Å². The number of nitrogens with zero attached hydrogens (tertiary/aromatic N) is 1. The first-order valence-electron chi connectivity index (χ1n) is 11.8. The maximum Gasteiger partial charge on any atom is 0.291 e. The van der Waals surface area contributed by atoms with Crippen molar-refractivity contribution in [3.8, 4) is 11.5 Å². The molecule has 1 saturated heterocycles. The van der Waals surface area contributed by atoms with Gasteiger partial charge in [-0.05, 0) is 54.3 Å². The molecule has 2 N–H and O–H groups in total. The summed E-state index contributed by atoms with van der Waals surface area (Å²) in [7, 11) is 4.05. The van der Waals surface area contributed by atoms with Crippen LogP contribution in [0.3, 0.4) is 0 Å². The van der Waals surface area contributed by atoms with Gasteiger partial charge in [0.2, 0.25) is 5.78 Å². The second-order valence-corrected chi connectivity index (χ2v) is 9.74. The number of ketones is 2. The van der Waals surface area contributed by atoms with Gasteiger partial charge in [0.25, 0.3) is 5.91 Å². The number of Topliss-reactive ketones (excluding diaryl/α,β-unsaturated/α-hetero) is 2. The number of likely N-dealkylation sites (tertiary alicyclic amines) is 1. The van der Waals surface area contributed by atoms with Crippen molar-refractivity contribution in [3.63, 3.8) is 0 Å². The number of ether oxygens (including phenoxy) is 1. The Balaban J connectivity index is 1.94. The van der Waals surface area contributed by atoms with E-state index < -0.39 is 23.7 Å². The number of hydrogen-bond donors (Lipinski definition) is 2. The van der Waals surface area contributed by atoms with Crippen LogP contribution >= 0.6 is 0 Å². The lowest BCUT2D eigenvalue weighted by Gasteiger charge is -2.27. The average molecular weight is 468 g/mol. The Labute approximate surface area is 201 Å². The van der Waals surface area contributed by atoms with Gasteiger partial charge in [-0.1, -0.05) is 26.0 Å². The first-order valence-corrected chi connectivity index (χ1v) is 11.8. The normalized spacial score (nSPS) is 18.3. The number of carbonyl (C=O) groups excluding carboxylic acids is 3. The summed E-state index contributed by atoms with van der Waals surface area (Å²) in [4.78, 5) is 42.5. The van der Waals surface area contributed by atoms with Gasteiger partial charge in [-0.25, -0.2) is 0 Å². The van der Waals surface area contributed by atoms with Crippen molar-refractivity contribution < 1.29 is 29.1 Å². The van der Waals surface area contributed by atoms with Crippen LogP contribution in [0.5, 0.6) is 11.5 Å². The molecule has 182 valence electrons. The molecule has 1 heterocycles. The molecule has 7 nitrogen and oxygen atoms in total. The van der Waals surface area contributed by atoms with E-state index in [1.807, 2.05) is 21.0 Å². The average Bonchev–Trinajstić information content (AvgIpc) is 3.03. The van der Waals surface area contributed by atoms with Gasteiger partial charge in [0.05, 0.1) is 33.3 Å². The van der Waals surface area contributed by atoms with Gasteiger partial charge in [-0.3, -0.25) is 14.4 Å². The minimum absolute atomic E-state index is 0.0812. The highest BCUT2D eigenvalue weighted by Crippen LogP contribution is 2.39. The van der Waals surface area contributed by atoms with Crippen LogP contribution in [0.4, 0.5) is 0 Å². The molecule has 0 aromatic heterocycles. The van der Waals surface area contributed by atoms with Crippen LogP contribution < -0.4 is 9.64 Å². The van der Waals surface area contributed by atoms with E-state index in [4.69, 9.17) is 4.74 Å². The number of hydrogen-bond acceptors (Lipinski definition) is 5. The molecule has 1 fully saturated rings. The maximum absolute atomic E-state index is 13.6. The number of amides is 1. The molecular formula is C27H35N2O5+. The van der Waals surface area contributed by atoms with Crippen molar-refractivity contribution in [2.75, 3.05) is 33.8 Å².